The van der Waals surface area contributed by atoms with Crippen LogP contribution in [0.3, 0.4) is 0 Å². The van der Waals surface area contributed by atoms with Crippen molar-refractivity contribution in [1.29, 1.82) is 0 Å². The van der Waals surface area contributed by atoms with Crippen molar-refractivity contribution in [3.05, 3.63) is 52.3 Å². The Morgan fingerprint density at radius 3 is 2.71 bits per heavy atom. The molecule has 0 aliphatic heterocycles. The van der Waals surface area contributed by atoms with E-state index in [1.165, 1.54) is 0 Å². The SMILES string of the molecule is CCNC(=NCc1c(C)nn(CCOC)c1C)NCCc1cccc(C(=O)N(C)C)c1. The summed E-state index contributed by atoms with van der Waals surface area (Å²) < 4.78 is 7.14. The number of rotatable bonds is 10. The number of benzene rings is 1. The van der Waals surface area contributed by atoms with E-state index in [1.54, 1.807) is 26.1 Å². The molecule has 2 rings (SSSR count). The maximum absolute atomic E-state index is 12.2. The molecule has 0 saturated carbocycles. The van der Waals surface area contributed by atoms with Gasteiger partial charge >= 0.3 is 0 Å². The lowest BCUT2D eigenvalue weighted by Crippen LogP contribution is -2.38. The number of aryl methyl sites for hydroxylation is 1. The molecule has 1 amide bonds. The molecule has 170 valence electrons. The zero-order valence-electron chi connectivity index (χ0n) is 19.7. The van der Waals surface area contributed by atoms with E-state index in [1.807, 2.05) is 42.8 Å². The van der Waals surface area contributed by atoms with Crippen molar-refractivity contribution in [3.63, 3.8) is 0 Å². The summed E-state index contributed by atoms with van der Waals surface area (Å²) in [6, 6.07) is 7.77. The number of ether oxygens (including phenoxy) is 1. The normalized spacial score (nSPS) is 11.5. The molecule has 8 nitrogen and oxygen atoms in total. The Morgan fingerprint density at radius 1 is 1.26 bits per heavy atom. The first kappa shape index (κ1) is 24.4. The molecule has 1 aromatic carbocycles. The molecule has 0 aliphatic carbocycles. The maximum Gasteiger partial charge on any atom is 0.253 e. The molecule has 2 N–H and O–H groups in total. The first-order chi connectivity index (χ1) is 14.9. The summed E-state index contributed by atoms with van der Waals surface area (Å²) in [5, 5.41) is 11.3. The second-order valence-electron chi connectivity index (χ2n) is 7.64. The van der Waals surface area contributed by atoms with Crippen molar-refractivity contribution < 1.29 is 9.53 Å². The number of methoxy groups -OCH3 is 1. The topological polar surface area (TPSA) is 83.8 Å². The lowest BCUT2D eigenvalue weighted by Gasteiger charge is -2.13. The molecule has 2 aromatic rings. The van der Waals surface area contributed by atoms with Gasteiger partial charge in [0.1, 0.15) is 0 Å². The van der Waals surface area contributed by atoms with E-state index in [0.29, 0.717) is 18.7 Å². The average molecular weight is 429 g/mol. The van der Waals surface area contributed by atoms with Crippen LogP contribution in [0.15, 0.2) is 29.3 Å². The number of nitrogens with one attached hydrogen (secondary N) is 2. The predicted molar refractivity (Wildman–Crippen MR) is 125 cm³/mol. The monoisotopic (exact) mass is 428 g/mol. The van der Waals surface area contributed by atoms with Crippen molar-refractivity contribution >= 4 is 11.9 Å². The van der Waals surface area contributed by atoms with Crippen LogP contribution in [-0.4, -0.2) is 67.4 Å². The van der Waals surface area contributed by atoms with Crippen LogP contribution in [0.4, 0.5) is 0 Å². The van der Waals surface area contributed by atoms with Crippen molar-refractivity contribution in [2.75, 3.05) is 40.9 Å². The van der Waals surface area contributed by atoms with Crippen LogP contribution < -0.4 is 10.6 Å². The van der Waals surface area contributed by atoms with Gasteiger partial charge in [-0.15, -0.1) is 0 Å². The number of hydrogen-bond donors (Lipinski definition) is 2. The molecular weight excluding hydrogens is 392 g/mol. The fourth-order valence-corrected chi connectivity index (χ4v) is 3.30. The standard InChI is InChI=1S/C23H36N6O2/c1-7-24-23(26-16-21-17(2)27-29(18(21)3)13-14-31-6)25-12-11-19-9-8-10-20(15-19)22(30)28(4)5/h8-10,15H,7,11-14,16H2,1-6H3,(H2,24,25,26). The summed E-state index contributed by atoms with van der Waals surface area (Å²) in [7, 11) is 5.22. The summed E-state index contributed by atoms with van der Waals surface area (Å²) >= 11 is 0. The molecular formula is C23H36N6O2. The van der Waals surface area contributed by atoms with Gasteiger partial charge < -0.3 is 20.3 Å². The Balaban J connectivity index is 1.99. The Morgan fingerprint density at radius 2 is 2.03 bits per heavy atom. The fraction of sp³-hybridized carbons (Fsp3) is 0.522. The zero-order valence-corrected chi connectivity index (χ0v) is 19.7. The van der Waals surface area contributed by atoms with Gasteiger partial charge in [-0.25, -0.2) is 4.99 Å². The average Bonchev–Trinajstić information content (AvgIpc) is 3.02. The molecule has 0 radical (unpaired) electrons. The molecule has 0 aliphatic rings. The number of amides is 1. The highest BCUT2D eigenvalue weighted by molar-refractivity contribution is 5.94. The maximum atomic E-state index is 12.2. The van der Waals surface area contributed by atoms with Gasteiger partial charge in [-0.1, -0.05) is 12.1 Å². The Hall–Kier alpha value is -2.87. The molecule has 0 atom stereocenters. The lowest BCUT2D eigenvalue weighted by molar-refractivity contribution is 0.0827. The summed E-state index contributed by atoms with van der Waals surface area (Å²) in [5.41, 5.74) is 5.08. The molecule has 0 saturated heterocycles. The van der Waals surface area contributed by atoms with E-state index in [4.69, 9.17) is 9.73 Å². The van der Waals surface area contributed by atoms with Gasteiger partial charge in [-0.3, -0.25) is 9.48 Å². The van der Waals surface area contributed by atoms with Crippen LogP contribution in [0.25, 0.3) is 0 Å². The van der Waals surface area contributed by atoms with Crippen molar-refractivity contribution in [1.82, 2.24) is 25.3 Å². The van der Waals surface area contributed by atoms with Gasteiger partial charge in [0.25, 0.3) is 5.91 Å². The Labute approximate surface area is 185 Å². The van der Waals surface area contributed by atoms with E-state index >= 15 is 0 Å². The molecule has 31 heavy (non-hydrogen) atoms. The molecule has 8 heteroatoms. The van der Waals surface area contributed by atoms with Gasteiger partial charge in [-0.2, -0.15) is 5.10 Å². The number of guanidine groups is 1. The smallest absolute Gasteiger partial charge is 0.253 e. The molecule has 1 heterocycles. The zero-order chi connectivity index (χ0) is 22.8. The fourth-order valence-electron chi connectivity index (χ4n) is 3.30. The summed E-state index contributed by atoms with van der Waals surface area (Å²) in [6.07, 6.45) is 0.798. The highest BCUT2D eigenvalue weighted by Crippen LogP contribution is 2.14. The minimum Gasteiger partial charge on any atom is -0.383 e. The van der Waals surface area contributed by atoms with Crippen LogP contribution in [0.2, 0.25) is 0 Å². The third kappa shape index (κ3) is 7.10. The summed E-state index contributed by atoms with van der Waals surface area (Å²) in [4.78, 5) is 18.5. The van der Waals surface area contributed by atoms with Gasteiger partial charge in [-0.05, 0) is 44.9 Å². The van der Waals surface area contributed by atoms with E-state index in [-0.39, 0.29) is 5.91 Å². The van der Waals surface area contributed by atoms with Crippen molar-refractivity contribution in [3.8, 4) is 0 Å². The number of aliphatic imine (C=N–C) groups is 1. The predicted octanol–water partition coefficient (Wildman–Crippen LogP) is 2.15. The van der Waals surface area contributed by atoms with Crippen LogP contribution in [0.5, 0.6) is 0 Å². The van der Waals surface area contributed by atoms with Crippen LogP contribution >= 0.6 is 0 Å². The summed E-state index contributed by atoms with van der Waals surface area (Å²) in [6.45, 7) is 9.57. The second-order valence-corrected chi connectivity index (χ2v) is 7.64. The van der Waals surface area contributed by atoms with E-state index in [2.05, 4.69) is 22.7 Å². The molecule has 0 bridgehead atoms. The minimum absolute atomic E-state index is 0.0153. The number of hydrogen-bond acceptors (Lipinski definition) is 4. The third-order valence-electron chi connectivity index (χ3n) is 5.06. The summed E-state index contributed by atoms with van der Waals surface area (Å²) in [5.74, 6) is 0.785. The van der Waals surface area contributed by atoms with Crippen LogP contribution in [0.1, 0.15) is 39.8 Å². The quantitative estimate of drug-likeness (QED) is 0.448. The van der Waals surface area contributed by atoms with E-state index in [0.717, 1.165) is 54.5 Å². The second kappa shape index (κ2) is 12.1. The molecule has 0 unspecified atom stereocenters. The van der Waals surface area contributed by atoms with Gasteiger partial charge in [0, 0.05) is 51.1 Å². The Kier molecular flexibility index (Phi) is 9.52. The van der Waals surface area contributed by atoms with Crippen molar-refractivity contribution in [2.45, 2.75) is 40.3 Å². The highest BCUT2D eigenvalue weighted by atomic mass is 16.5. The van der Waals surface area contributed by atoms with Gasteiger partial charge in [0.05, 0.1) is 25.4 Å². The van der Waals surface area contributed by atoms with Gasteiger partial charge in [0.2, 0.25) is 0 Å². The minimum atomic E-state index is 0.0153. The molecule has 1 aromatic heterocycles. The number of nitrogens with zero attached hydrogens (tertiary/aromatic N) is 4. The first-order valence-electron chi connectivity index (χ1n) is 10.7. The molecule has 0 fully saturated rings. The van der Waals surface area contributed by atoms with Crippen LogP contribution in [0, 0.1) is 13.8 Å². The first-order valence-corrected chi connectivity index (χ1v) is 10.7. The van der Waals surface area contributed by atoms with E-state index < -0.39 is 0 Å². The number of carbonyl (C=O) groups excluding carboxylic acids is 1. The van der Waals surface area contributed by atoms with Crippen molar-refractivity contribution in [2.24, 2.45) is 4.99 Å². The lowest BCUT2D eigenvalue weighted by atomic mass is 10.1. The van der Waals surface area contributed by atoms with Gasteiger partial charge in [0.15, 0.2) is 5.96 Å². The Bertz CT molecular complexity index is 888. The van der Waals surface area contributed by atoms with Crippen LogP contribution in [-0.2, 0) is 24.2 Å². The third-order valence-corrected chi connectivity index (χ3v) is 5.06. The highest BCUT2D eigenvalue weighted by Gasteiger charge is 2.11. The largest absolute Gasteiger partial charge is 0.383 e. The molecule has 0 spiro atoms. The van der Waals surface area contributed by atoms with E-state index in [9.17, 15) is 4.79 Å². The number of carbonyl (C=O) groups is 1. The number of aromatic nitrogens is 2.